The molecule has 0 spiro atoms. The van der Waals surface area contributed by atoms with Crippen molar-refractivity contribution in [3.8, 4) is 6.07 Å². The summed E-state index contributed by atoms with van der Waals surface area (Å²) >= 11 is 6.11. The van der Waals surface area contributed by atoms with Gasteiger partial charge in [0, 0.05) is 18.8 Å². The Bertz CT molecular complexity index is 527. The quantitative estimate of drug-likeness (QED) is 0.884. The molecule has 1 fully saturated rings. The predicted molar refractivity (Wildman–Crippen MR) is 66.5 cm³/mol. The van der Waals surface area contributed by atoms with E-state index in [1.165, 1.54) is 6.20 Å². The van der Waals surface area contributed by atoms with Crippen molar-refractivity contribution in [3.63, 3.8) is 0 Å². The van der Waals surface area contributed by atoms with Gasteiger partial charge in [0.15, 0.2) is 0 Å². The fraction of sp³-hybridized carbons (Fsp3) is 0.417. The molecule has 1 aliphatic rings. The molecule has 0 bridgehead atoms. The van der Waals surface area contributed by atoms with Gasteiger partial charge in [-0.1, -0.05) is 11.6 Å². The molecule has 94 valence electrons. The largest absolute Gasteiger partial charge is 0.481 e. The third kappa shape index (κ3) is 2.00. The summed E-state index contributed by atoms with van der Waals surface area (Å²) in [5, 5.41) is 18.3. The number of nitrogens with zero attached hydrogens (tertiary/aromatic N) is 3. The van der Waals surface area contributed by atoms with Crippen LogP contribution in [0, 0.1) is 17.2 Å². The van der Waals surface area contributed by atoms with Crippen molar-refractivity contribution in [3.05, 3.63) is 22.8 Å². The Balaban J connectivity index is 2.34. The fourth-order valence-electron chi connectivity index (χ4n) is 2.29. The number of rotatable bonds is 2. The van der Waals surface area contributed by atoms with E-state index < -0.39 is 11.9 Å². The van der Waals surface area contributed by atoms with E-state index in [2.05, 4.69) is 4.98 Å². The molecule has 1 saturated heterocycles. The zero-order valence-corrected chi connectivity index (χ0v) is 10.6. The number of aromatic nitrogens is 1. The maximum Gasteiger partial charge on any atom is 0.308 e. The first-order valence-electron chi connectivity index (χ1n) is 5.60. The van der Waals surface area contributed by atoms with Gasteiger partial charge in [0.05, 0.1) is 11.5 Å². The van der Waals surface area contributed by atoms with Crippen molar-refractivity contribution >= 4 is 23.4 Å². The molecule has 0 saturated carbocycles. The molecule has 1 aliphatic heterocycles. The molecule has 2 rings (SSSR count). The average Bonchev–Trinajstić information content (AvgIpc) is 2.71. The fourth-order valence-corrected chi connectivity index (χ4v) is 2.55. The monoisotopic (exact) mass is 265 g/mol. The minimum Gasteiger partial charge on any atom is -0.481 e. The molecule has 0 aromatic carbocycles. The summed E-state index contributed by atoms with van der Waals surface area (Å²) in [6.45, 7) is 2.42. The molecule has 2 heterocycles. The summed E-state index contributed by atoms with van der Waals surface area (Å²) in [5.41, 5.74) is 0.354. The number of pyridine rings is 1. The van der Waals surface area contributed by atoms with Crippen LogP contribution in [0.4, 0.5) is 5.82 Å². The van der Waals surface area contributed by atoms with Crippen molar-refractivity contribution in [2.75, 3.05) is 11.4 Å². The van der Waals surface area contributed by atoms with Crippen LogP contribution in [0.25, 0.3) is 0 Å². The number of carboxylic acid groups (broad SMARTS) is 1. The highest BCUT2D eigenvalue weighted by molar-refractivity contribution is 6.34. The van der Waals surface area contributed by atoms with Gasteiger partial charge in [-0.2, -0.15) is 5.26 Å². The normalized spacial score (nSPS) is 22.8. The van der Waals surface area contributed by atoms with Crippen LogP contribution in [-0.2, 0) is 4.79 Å². The first-order valence-corrected chi connectivity index (χ1v) is 5.98. The van der Waals surface area contributed by atoms with Crippen LogP contribution in [0.5, 0.6) is 0 Å². The number of anilines is 1. The third-order valence-corrected chi connectivity index (χ3v) is 3.71. The topological polar surface area (TPSA) is 77.2 Å². The summed E-state index contributed by atoms with van der Waals surface area (Å²) in [4.78, 5) is 17.1. The zero-order chi connectivity index (χ0) is 13.3. The molecule has 0 radical (unpaired) electrons. The summed E-state index contributed by atoms with van der Waals surface area (Å²) in [6, 6.07) is 3.36. The molecule has 1 N–H and O–H groups in total. The first kappa shape index (κ1) is 12.7. The molecule has 0 aliphatic carbocycles. The lowest BCUT2D eigenvalue weighted by molar-refractivity contribution is -0.141. The number of aliphatic carboxylic acids is 1. The van der Waals surface area contributed by atoms with Gasteiger partial charge >= 0.3 is 5.97 Å². The van der Waals surface area contributed by atoms with E-state index in [4.69, 9.17) is 22.0 Å². The Morgan fingerprint density at radius 2 is 2.44 bits per heavy atom. The van der Waals surface area contributed by atoms with Crippen LogP contribution in [0.1, 0.15) is 18.9 Å². The average molecular weight is 266 g/mol. The van der Waals surface area contributed by atoms with E-state index in [1.54, 1.807) is 6.07 Å². The van der Waals surface area contributed by atoms with Crippen molar-refractivity contribution in [2.45, 2.75) is 19.4 Å². The van der Waals surface area contributed by atoms with Crippen LogP contribution >= 0.6 is 11.6 Å². The standard InChI is InChI=1S/C12H12ClN3O2/c1-7-9(12(17)18)3-5-16(7)11-10(13)8(6-14)2-4-15-11/h2,4,7,9H,3,5H2,1H3,(H,17,18). The highest BCUT2D eigenvalue weighted by atomic mass is 35.5. The van der Waals surface area contributed by atoms with Crippen molar-refractivity contribution < 1.29 is 9.90 Å². The Kier molecular flexibility index (Phi) is 3.39. The van der Waals surface area contributed by atoms with Gasteiger partial charge in [-0.3, -0.25) is 4.79 Å². The van der Waals surface area contributed by atoms with Crippen molar-refractivity contribution in [1.82, 2.24) is 4.98 Å². The summed E-state index contributed by atoms with van der Waals surface area (Å²) < 4.78 is 0. The van der Waals surface area contributed by atoms with E-state index >= 15 is 0 Å². The highest BCUT2D eigenvalue weighted by Crippen LogP contribution is 2.34. The molecular weight excluding hydrogens is 254 g/mol. The van der Waals surface area contributed by atoms with Crippen LogP contribution in [-0.4, -0.2) is 28.6 Å². The number of hydrogen-bond acceptors (Lipinski definition) is 4. The van der Waals surface area contributed by atoms with Gasteiger partial charge in [0.2, 0.25) is 0 Å². The van der Waals surface area contributed by atoms with Gasteiger partial charge in [-0.25, -0.2) is 4.98 Å². The van der Waals surface area contributed by atoms with Crippen LogP contribution < -0.4 is 4.90 Å². The third-order valence-electron chi connectivity index (χ3n) is 3.34. The Labute approximate surface area is 110 Å². The minimum absolute atomic E-state index is 0.179. The van der Waals surface area contributed by atoms with Crippen LogP contribution in [0.2, 0.25) is 5.02 Å². The molecule has 2 atom stereocenters. The highest BCUT2D eigenvalue weighted by Gasteiger charge is 2.37. The maximum absolute atomic E-state index is 11.1. The second-order valence-corrected chi connectivity index (χ2v) is 4.65. The number of carboxylic acids is 1. The maximum atomic E-state index is 11.1. The van der Waals surface area contributed by atoms with Gasteiger partial charge < -0.3 is 10.0 Å². The van der Waals surface area contributed by atoms with E-state index in [0.717, 1.165) is 0 Å². The number of carbonyl (C=O) groups is 1. The van der Waals surface area contributed by atoms with Crippen molar-refractivity contribution in [1.29, 1.82) is 5.26 Å². The molecule has 1 aromatic rings. The summed E-state index contributed by atoms with van der Waals surface area (Å²) in [6.07, 6.45) is 2.08. The summed E-state index contributed by atoms with van der Waals surface area (Å²) in [7, 11) is 0. The number of hydrogen-bond donors (Lipinski definition) is 1. The lowest BCUT2D eigenvalue weighted by Crippen LogP contribution is -2.33. The SMILES string of the molecule is CC1C(C(=O)O)CCN1c1nccc(C#N)c1Cl. The van der Waals surface area contributed by atoms with E-state index in [9.17, 15) is 4.79 Å². The smallest absolute Gasteiger partial charge is 0.308 e. The Morgan fingerprint density at radius 3 is 3.00 bits per heavy atom. The second kappa shape index (κ2) is 4.83. The van der Waals surface area contributed by atoms with Crippen LogP contribution in [0.3, 0.4) is 0 Å². The molecule has 1 aromatic heterocycles. The van der Waals surface area contributed by atoms with Gasteiger partial charge in [-0.05, 0) is 19.4 Å². The zero-order valence-electron chi connectivity index (χ0n) is 9.80. The number of halogens is 1. The molecule has 2 unspecified atom stereocenters. The number of nitriles is 1. The van der Waals surface area contributed by atoms with Gasteiger partial charge in [-0.15, -0.1) is 0 Å². The molecule has 0 amide bonds. The van der Waals surface area contributed by atoms with Gasteiger partial charge in [0.1, 0.15) is 16.9 Å². The molecule has 5 nitrogen and oxygen atoms in total. The lowest BCUT2D eigenvalue weighted by atomic mass is 10.0. The van der Waals surface area contributed by atoms with Crippen molar-refractivity contribution in [2.24, 2.45) is 5.92 Å². The second-order valence-electron chi connectivity index (χ2n) is 4.28. The molecule has 6 heteroatoms. The van der Waals surface area contributed by atoms with E-state index in [0.29, 0.717) is 24.3 Å². The minimum atomic E-state index is -0.808. The summed E-state index contributed by atoms with van der Waals surface area (Å²) in [5.74, 6) is -0.738. The van der Waals surface area contributed by atoms with E-state index in [-0.39, 0.29) is 11.1 Å². The van der Waals surface area contributed by atoms with E-state index in [1.807, 2.05) is 17.9 Å². The Hall–Kier alpha value is -1.80. The lowest BCUT2D eigenvalue weighted by Gasteiger charge is -2.25. The van der Waals surface area contributed by atoms with Gasteiger partial charge in [0.25, 0.3) is 0 Å². The first-order chi connectivity index (χ1) is 8.56. The van der Waals surface area contributed by atoms with Crippen LogP contribution in [0.15, 0.2) is 12.3 Å². The molecule has 18 heavy (non-hydrogen) atoms. The predicted octanol–water partition coefficient (Wildman–Crippen LogP) is 1.91. The Morgan fingerprint density at radius 1 is 1.72 bits per heavy atom. The molecular formula is C12H12ClN3O2.